The van der Waals surface area contributed by atoms with Crippen LogP contribution < -0.4 is 0 Å². The maximum absolute atomic E-state index is 5.98. The average Bonchev–Trinajstić information content (AvgIpc) is 2.93. The van der Waals surface area contributed by atoms with Crippen LogP contribution in [0.5, 0.6) is 0 Å². The van der Waals surface area contributed by atoms with Gasteiger partial charge < -0.3 is 4.42 Å². The van der Waals surface area contributed by atoms with Gasteiger partial charge in [-0.15, -0.1) is 0 Å². The van der Waals surface area contributed by atoms with Gasteiger partial charge in [-0.3, -0.25) is 0 Å². The lowest BCUT2D eigenvalue weighted by Gasteiger charge is -2.05. The van der Waals surface area contributed by atoms with E-state index in [0.29, 0.717) is 0 Å². The fraction of sp³-hybridized carbons (Fsp3) is 0. The molecule has 0 bridgehead atoms. The van der Waals surface area contributed by atoms with Crippen molar-refractivity contribution < 1.29 is 4.42 Å². The summed E-state index contributed by atoms with van der Waals surface area (Å²) in [6.45, 7) is 0. The van der Waals surface area contributed by atoms with Gasteiger partial charge in [-0.25, -0.2) is 0 Å². The molecule has 104 valence electrons. The van der Waals surface area contributed by atoms with Crippen LogP contribution in [0.4, 0.5) is 0 Å². The molecule has 0 saturated carbocycles. The van der Waals surface area contributed by atoms with Gasteiger partial charge in [0.05, 0.1) is 0 Å². The molecule has 0 aliphatic carbocycles. The summed E-state index contributed by atoms with van der Waals surface area (Å²) in [5, 5.41) is 7.42. The minimum Gasteiger partial charge on any atom is -0.456 e. The quantitative estimate of drug-likeness (QED) is 0.286. The van der Waals surface area contributed by atoms with E-state index < -0.39 is 0 Å². The molecule has 0 fully saturated rings. The first-order valence-electron chi connectivity index (χ1n) is 7.23. The molecule has 22 heavy (non-hydrogen) atoms. The SMILES string of the molecule is Brc1ccc2c(ccc3c2ccc2oc4ccccc4c23)c1. The van der Waals surface area contributed by atoms with E-state index in [0.717, 1.165) is 15.6 Å². The number of halogens is 1. The Hall–Kier alpha value is -2.32. The molecular weight excluding hydrogens is 336 g/mol. The maximum Gasteiger partial charge on any atom is 0.136 e. The molecule has 5 rings (SSSR count). The first-order valence-corrected chi connectivity index (χ1v) is 8.03. The smallest absolute Gasteiger partial charge is 0.136 e. The Morgan fingerprint density at radius 3 is 2.41 bits per heavy atom. The highest BCUT2D eigenvalue weighted by molar-refractivity contribution is 9.10. The van der Waals surface area contributed by atoms with Crippen molar-refractivity contribution >= 4 is 59.4 Å². The summed E-state index contributed by atoms with van der Waals surface area (Å²) >= 11 is 3.55. The van der Waals surface area contributed by atoms with Gasteiger partial charge in [0.25, 0.3) is 0 Å². The molecule has 4 aromatic carbocycles. The zero-order valence-corrected chi connectivity index (χ0v) is 13.2. The highest BCUT2D eigenvalue weighted by atomic mass is 79.9. The van der Waals surface area contributed by atoms with Crippen molar-refractivity contribution in [3.63, 3.8) is 0 Å². The van der Waals surface area contributed by atoms with E-state index >= 15 is 0 Å². The van der Waals surface area contributed by atoms with E-state index in [1.54, 1.807) is 0 Å². The van der Waals surface area contributed by atoms with E-state index in [1.165, 1.54) is 32.3 Å². The Labute approximate surface area is 135 Å². The van der Waals surface area contributed by atoms with Crippen LogP contribution in [0, 0.1) is 0 Å². The van der Waals surface area contributed by atoms with Crippen LogP contribution in [-0.2, 0) is 0 Å². The largest absolute Gasteiger partial charge is 0.456 e. The highest BCUT2D eigenvalue weighted by Crippen LogP contribution is 2.37. The van der Waals surface area contributed by atoms with Gasteiger partial charge in [-0.1, -0.05) is 58.4 Å². The van der Waals surface area contributed by atoms with Gasteiger partial charge >= 0.3 is 0 Å². The van der Waals surface area contributed by atoms with Gasteiger partial charge in [-0.05, 0) is 45.8 Å². The first-order chi connectivity index (χ1) is 10.8. The van der Waals surface area contributed by atoms with Crippen molar-refractivity contribution in [2.24, 2.45) is 0 Å². The fourth-order valence-corrected chi connectivity index (χ4v) is 3.72. The molecule has 0 N–H and O–H groups in total. The molecule has 0 saturated heterocycles. The number of hydrogen-bond donors (Lipinski definition) is 0. The molecule has 1 nitrogen and oxygen atoms in total. The monoisotopic (exact) mass is 346 g/mol. The topological polar surface area (TPSA) is 13.1 Å². The van der Waals surface area contributed by atoms with Crippen LogP contribution in [-0.4, -0.2) is 0 Å². The van der Waals surface area contributed by atoms with Crippen molar-refractivity contribution in [1.82, 2.24) is 0 Å². The summed E-state index contributed by atoms with van der Waals surface area (Å²) in [6, 6.07) is 23.3. The maximum atomic E-state index is 5.98. The third-order valence-corrected chi connectivity index (χ3v) is 4.81. The molecule has 0 atom stereocenters. The Kier molecular flexibility index (Phi) is 2.42. The lowest BCUT2D eigenvalue weighted by molar-refractivity contribution is 0.669. The van der Waals surface area contributed by atoms with Crippen molar-refractivity contribution in [2.45, 2.75) is 0 Å². The molecule has 0 unspecified atom stereocenters. The average molecular weight is 347 g/mol. The normalized spacial score (nSPS) is 11.9. The third-order valence-electron chi connectivity index (χ3n) is 4.32. The van der Waals surface area contributed by atoms with Crippen LogP contribution in [0.2, 0.25) is 0 Å². The summed E-state index contributed by atoms with van der Waals surface area (Å²) in [6.07, 6.45) is 0. The first kappa shape index (κ1) is 12.2. The minimum absolute atomic E-state index is 0.945. The van der Waals surface area contributed by atoms with Crippen LogP contribution in [0.25, 0.3) is 43.5 Å². The van der Waals surface area contributed by atoms with E-state index in [-0.39, 0.29) is 0 Å². The predicted molar refractivity (Wildman–Crippen MR) is 96.4 cm³/mol. The highest BCUT2D eigenvalue weighted by Gasteiger charge is 2.11. The number of rotatable bonds is 0. The Bertz CT molecular complexity index is 1180. The lowest BCUT2D eigenvalue weighted by atomic mass is 9.98. The van der Waals surface area contributed by atoms with Gasteiger partial charge in [-0.2, -0.15) is 0 Å². The van der Waals surface area contributed by atoms with Crippen molar-refractivity contribution in [3.05, 3.63) is 71.2 Å². The summed E-state index contributed by atoms with van der Waals surface area (Å²) in [5.74, 6) is 0. The molecule has 5 aromatic rings. The summed E-state index contributed by atoms with van der Waals surface area (Å²) in [7, 11) is 0. The molecule has 0 amide bonds. The predicted octanol–water partition coefficient (Wildman–Crippen LogP) is 6.65. The molecular formula is C20H11BrO. The van der Waals surface area contributed by atoms with Gasteiger partial charge in [0.15, 0.2) is 0 Å². The molecule has 1 heterocycles. The summed E-state index contributed by atoms with van der Waals surface area (Å²) in [5.41, 5.74) is 1.89. The second-order valence-corrected chi connectivity index (χ2v) is 6.48. The minimum atomic E-state index is 0.945. The second-order valence-electron chi connectivity index (χ2n) is 5.56. The molecule has 1 aromatic heterocycles. The standard InChI is InChI=1S/C20H11BrO/c21-13-6-8-14-12(11-13)5-7-16-15(14)9-10-19-20(16)17-3-1-2-4-18(17)22-19/h1-11H. The van der Waals surface area contributed by atoms with Gasteiger partial charge in [0.1, 0.15) is 11.2 Å². The Balaban J connectivity index is 2.06. The van der Waals surface area contributed by atoms with E-state index in [2.05, 4.69) is 70.5 Å². The molecule has 0 spiro atoms. The number of para-hydroxylation sites is 1. The van der Waals surface area contributed by atoms with Crippen molar-refractivity contribution in [2.75, 3.05) is 0 Å². The van der Waals surface area contributed by atoms with Crippen molar-refractivity contribution in [3.8, 4) is 0 Å². The third kappa shape index (κ3) is 1.59. The Morgan fingerprint density at radius 1 is 0.636 bits per heavy atom. The van der Waals surface area contributed by atoms with E-state index in [1.807, 2.05) is 12.1 Å². The summed E-state index contributed by atoms with van der Waals surface area (Å²) < 4.78 is 7.09. The number of furan rings is 1. The van der Waals surface area contributed by atoms with E-state index in [4.69, 9.17) is 4.42 Å². The zero-order chi connectivity index (χ0) is 14.7. The van der Waals surface area contributed by atoms with Gasteiger partial charge in [0, 0.05) is 15.2 Å². The summed E-state index contributed by atoms with van der Waals surface area (Å²) in [4.78, 5) is 0. The van der Waals surface area contributed by atoms with E-state index in [9.17, 15) is 0 Å². The van der Waals surface area contributed by atoms with Crippen LogP contribution in [0.1, 0.15) is 0 Å². The Morgan fingerprint density at radius 2 is 1.45 bits per heavy atom. The lowest BCUT2D eigenvalue weighted by Crippen LogP contribution is -1.79. The number of hydrogen-bond acceptors (Lipinski definition) is 1. The van der Waals surface area contributed by atoms with Gasteiger partial charge in [0.2, 0.25) is 0 Å². The van der Waals surface area contributed by atoms with Crippen LogP contribution in [0.15, 0.2) is 75.6 Å². The van der Waals surface area contributed by atoms with Crippen LogP contribution >= 0.6 is 15.9 Å². The molecule has 0 radical (unpaired) electrons. The van der Waals surface area contributed by atoms with Crippen LogP contribution in [0.3, 0.4) is 0 Å². The second kappa shape index (κ2) is 4.34. The zero-order valence-electron chi connectivity index (χ0n) is 11.6. The molecule has 2 heteroatoms. The van der Waals surface area contributed by atoms with Crippen molar-refractivity contribution in [1.29, 1.82) is 0 Å². The number of benzene rings is 4. The molecule has 0 aliphatic rings. The number of fused-ring (bicyclic) bond motifs is 7. The molecule has 0 aliphatic heterocycles. The fourth-order valence-electron chi connectivity index (χ4n) is 3.34.